The SMILES string of the molecule is [NH3+]C(=O)c1cc(F)ccc1Br. The molecule has 1 amide bonds. The lowest BCUT2D eigenvalue weighted by Crippen LogP contribution is -2.56. The van der Waals surface area contributed by atoms with E-state index in [1.807, 2.05) is 0 Å². The second-order valence-corrected chi connectivity index (χ2v) is 2.90. The molecule has 11 heavy (non-hydrogen) atoms. The average molecular weight is 219 g/mol. The number of halogens is 2. The van der Waals surface area contributed by atoms with Crippen LogP contribution in [-0.4, -0.2) is 5.91 Å². The molecule has 4 heteroatoms. The van der Waals surface area contributed by atoms with Gasteiger partial charge in [0.05, 0.1) is 5.56 Å². The number of hydrogen-bond acceptors (Lipinski definition) is 1. The van der Waals surface area contributed by atoms with Crippen molar-refractivity contribution in [1.29, 1.82) is 0 Å². The van der Waals surface area contributed by atoms with E-state index in [0.29, 0.717) is 4.47 Å². The number of amides is 1. The molecule has 0 radical (unpaired) electrons. The molecule has 0 bridgehead atoms. The quantitative estimate of drug-likeness (QED) is 0.751. The molecule has 0 heterocycles. The lowest BCUT2D eigenvalue weighted by Gasteiger charge is -1.95. The minimum absolute atomic E-state index is 0.269. The van der Waals surface area contributed by atoms with Gasteiger partial charge in [-0.3, -0.25) is 5.73 Å². The molecule has 1 aromatic carbocycles. The molecule has 0 aliphatic carbocycles. The summed E-state index contributed by atoms with van der Waals surface area (Å²) in [6.45, 7) is 0. The van der Waals surface area contributed by atoms with Gasteiger partial charge in [0, 0.05) is 4.47 Å². The first kappa shape index (κ1) is 8.36. The maximum atomic E-state index is 12.5. The van der Waals surface area contributed by atoms with Crippen LogP contribution >= 0.6 is 15.9 Å². The van der Waals surface area contributed by atoms with Crippen molar-refractivity contribution in [2.75, 3.05) is 0 Å². The van der Waals surface area contributed by atoms with Crippen molar-refractivity contribution < 1.29 is 14.9 Å². The summed E-state index contributed by atoms with van der Waals surface area (Å²) in [5.74, 6) is -0.823. The molecule has 1 rings (SSSR count). The molecule has 1 aromatic rings. The van der Waals surface area contributed by atoms with Gasteiger partial charge in [0.25, 0.3) is 0 Å². The summed E-state index contributed by atoms with van der Waals surface area (Å²) in [5.41, 5.74) is 3.44. The van der Waals surface area contributed by atoms with Crippen molar-refractivity contribution in [3.05, 3.63) is 34.1 Å². The Morgan fingerprint density at radius 1 is 1.55 bits per heavy atom. The highest BCUT2D eigenvalue weighted by Crippen LogP contribution is 2.16. The number of benzene rings is 1. The molecule has 0 saturated carbocycles. The van der Waals surface area contributed by atoms with Crippen LogP contribution in [0.1, 0.15) is 10.4 Å². The highest BCUT2D eigenvalue weighted by Gasteiger charge is 2.09. The van der Waals surface area contributed by atoms with Crippen molar-refractivity contribution in [1.82, 2.24) is 0 Å². The maximum Gasteiger partial charge on any atom is 0.342 e. The predicted molar refractivity (Wildman–Crippen MR) is 41.3 cm³/mol. The fourth-order valence-corrected chi connectivity index (χ4v) is 1.18. The third-order valence-electron chi connectivity index (χ3n) is 1.23. The summed E-state index contributed by atoms with van der Waals surface area (Å²) in [7, 11) is 0. The van der Waals surface area contributed by atoms with E-state index >= 15 is 0 Å². The van der Waals surface area contributed by atoms with E-state index in [-0.39, 0.29) is 5.56 Å². The van der Waals surface area contributed by atoms with Crippen molar-refractivity contribution >= 4 is 21.8 Å². The molecule has 0 unspecified atom stereocenters. The van der Waals surface area contributed by atoms with Gasteiger partial charge in [0.1, 0.15) is 5.82 Å². The summed E-state index contributed by atoms with van der Waals surface area (Å²) in [6, 6.07) is 3.91. The molecule has 0 aliphatic rings. The fraction of sp³-hybridized carbons (Fsp3) is 0. The van der Waals surface area contributed by atoms with Crippen molar-refractivity contribution in [3.8, 4) is 0 Å². The van der Waals surface area contributed by atoms with E-state index in [4.69, 9.17) is 0 Å². The van der Waals surface area contributed by atoms with Crippen molar-refractivity contribution in [2.45, 2.75) is 0 Å². The van der Waals surface area contributed by atoms with Crippen LogP contribution in [0.15, 0.2) is 22.7 Å². The highest BCUT2D eigenvalue weighted by molar-refractivity contribution is 9.10. The first-order valence-electron chi connectivity index (χ1n) is 2.92. The second-order valence-electron chi connectivity index (χ2n) is 2.05. The Kier molecular flexibility index (Phi) is 2.36. The zero-order chi connectivity index (χ0) is 8.43. The summed E-state index contributed by atoms with van der Waals surface area (Å²) >= 11 is 3.10. The maximum absolute atomic E-state index is 12.5. The van der Waals surface area contributed by atoms with E-state index in [2.05, 4.69) is 21.7 Å². The fourth-order valence-electron chi connectivity index (χ4n) is 0.711. The van der Waals surface area contributed by atoms with Crippen LogP contribution < -0.4 is 5.73 Å². The number of carbonyl (C=O) groups is 1. The highest BCUT2D eigenvalue weighted by atomic mass is 79.9. The summed E-state index contributed by atoms with van der Waals surface area (Å²) in [6.07, 6.45) is 0. The Bertz CT molecular complexity index is 300. The number of rotatable bonds is 1. The number of carbonyl (C=O) groups excluding carboxylic acids is 1. The molecule has 0 atom stereocenters. The van der Waals surface area contributed by atoms with E-state index in [1.54, 1.807) is 0 Å². The molecule has 2 nitrogen and oxygen atoms in total. The van der Waals surface area contributed by atoms with Gasteiger partial charge in [-0.1, -0.05) is 0 Å². The standard InChI is InChI=1S/C7H5BrFNO/c8-6-2-1-4(9)3-5(6)7(10)11/h1-3H,(H2,10,11)/p+1. The lowest BCUT2D eigenvalue weighted by atomic mass is 10.2. The van der Waals surface area contributed by atoms with Gasteiger partial charge in [-0.05, 0) is 34.1 Å². The Morgan fingerprint density at radius 2 is 2.18 bits per heavy atom. The Labute approximate surface area is 71.3 Å². The largest absolute Gasteiger partial charge is 0.342 e. The smallest absolute Gasteiger partial charge is 0.290 e. The summed E-state index contributed by atoms with van der Waals surface area (Å²) in [4.78, 5) is 10.7. The zero-order valence-electron chi connectivity index (χ0n) is 5.60. The normalized spacial score (nSPS) is 9.73. The van der Waals surface area contributed by atoms with Gasteiger partial charge in [-0.15, -0.1) is 0 Å². The second kappa shape index (κ2) is 3.11. The van der Waals surface area contributed by atoms with Crippen LogP contribution in [0, 0.1) is 5.82 Å². The van der Waals surface area contributed by atoms with Gasteiger partial charge in [0.2, 0.25) is 0 Å². The van der Waals surface area contributed by atoms with Crippen molar-refractivity contribution in [2.24, 2.45) is 0 Å². The number of hydrogen-bond donors (Lipinski definition) is 1. The van der Waals surface area contributed by atoms with Gasteiger partial charge >= 0.3 is 5.91 Å². The van der Waals surface area contributed by atoms with Gasteiger partial charge < -0.3 is 0 Å². The zero-order valence-corrected chi connectivity index (χ0v) is 7.19. The Morgan fingerprint density at radius 3 is 2.64 bits per heavy atom. The van der Waals surface area contributed by atoms with E-state index in [0.717, 1.165) is 6.07 Å². The van der Waals surface area contributed by atoms with Gasteiger partial charge in [0.15, 0.2) is 0 Å². The van der Waals surface area contributed by atoms with E-state index in [9.17, 15) is 9.18 Å². The number of quaternary nitrogens is 1. The lowest BCUT2D eigenvalue weighted by molar-refractivity contribution is -0.255. The summed E-state index contributed by atoms with van der Waals surface area (Å²) in [5, 5.41) is 0. The van der Waals surface area contributed by atoms with Gasteiger partial charge in [-0.2, -0.15) is 0 Å². The van der Waals surface area contributed by atoms with Crippen LogP contribution in [0.3, 0.4) is 0 Å². The molecular formula is C7H6BrFNO+. The van der Waals surface area contributed by atoms with Crippen LogP contribution in [-0.2, 0) is 0 Å². The van der Waals surface area contributed by atoms with Gasteiger partial charge in [-0.25, -0.2) is 9.18 Å². The Hall–Kier alpha value is -0.740. The predicted octanol–water partition coefficient (Wildman–Crippen LogP) is 0.970. The Balaban J connectivity index is 3.23. The molecule has 3 N–H and O–H groups in total. The van der Waals surface area contributed by atoms with Crippen molar-refractivity contribution in [3.63, 3.8) is 0 Å². The average Bonchev–Trinajstić information content (AvgIpc) is 1.94. The minimum Gasteiger partial charge on any atom is -0.290 e. The van der Waals surface area contributed by atoms with Crippen LogP contribution in [0.4, 0.5) is 4.39 Å². The molecule has 0 aliphatic heterocycles. The molecule has 0 fully saturated rings. The molecule has 0 spiro atoms. The molecule has 0 aromatic heterocycles. The minimum atomic E-state index is -0.430. The monoisotopic (exact) mass is 218 g/mol. The third kappa shape index (κ3) is 1.85. The van der Waals surface area contributed by atoms with E-state index in [1.165, 1.54) is 12.1 Å². The summed E-state index contributed by atoms with van der Waals surface area (Å²) < 4.78 is 13.1. The topological polar surface area (TPSA) is 44.7 Å². The third-order valence-corrected chi connectivity index (χ3v) is 1.92. The van der Waals surface area contributed by atoms with Crippen LogP contribution in [0.25, 0.3) is 0 Å². The first-order chi connectivity index (χ1) is 5.11. The van der Waals surface area contributed by atoms with Crippen LogP contribution in [0.5, 0.6) is 0 Å². The first-order valence-corrected chi connectivity index (χ1v) is 3.72. The molecule has 0 saturated heterocycles. The molecular weight excluding hydrogens is 213 g/mol. The van der Waals surface area contributed by atoms with E-state index < -0.39 is 11.7 Å². The molecule has 58 valence electrons. The van der Waals surface area contributed by atoms with Crippen LogP contribution in [0.2, 0.25) is 0 Å².